The Morgan fingerprint density at radius 3 is 2.77 bits per heavy atom. The molecule has 0 aliphatic carbocycles. The Balaban J connectivity index is 2.94. The van der Waals surface area contributed by atoms with E-state index in [0.717, 1.165) is 8.85 Å². The SMILES string of the molecule is CON(C)C(=O)c1sc(Br)cc1Cl. The Kier molecular flexibility index (Phi) is 3.73. The highest BCUT2D eigenvalue weighted by Crippen LogP contribution is 2.31. The number of hydrogen-bond donors (Lipinski definition) is 0. The molecule has 13 heavy (non-hydrogen) atoms. The summed E-state index contributed by atoms with van der Waals surface area (Å²) in [6.07, 6.45) is 0. The van der Waals surface area contributed by atoms with Crippen LogP contribution in [0.5, 0.6) is 0 Å². The first kappa shape index (κ1) is 11.0. The average molecular weight is 285 g/mol. The Bertz CT molecular complexity index is 328. The molecule has 0 spiro atoms. The van der Waals surface area contributed by atoms with Crippen LogP contribution >= 0.6 is 38.9 Å². The van der Waals surface area contributed by atoms with Gasteiger partial charge in [0, 0.05) is 7.05 Å². The van der Waals surface area contributed by atoms with E-state index in [0.29, 0.717) is 9.90 Å². The molecular formula is C7H7BrClNO2S. The first-order valence-electron chi connectivity index (χ1n) is 3.33. The van der Waals surface area contributed by atoms with Crippen molar-refractivity contribution in [3.63, 3.8) is 0 Å². The van der Waals surface area contributed by atoms with Gasteiger partial charge in [0.1, 0.15) is 4.88 Å². The number of amides is 1. The standard InChI is InChI=1S/C7H7BrClNO2S/c1-10(12-2)7(11)6-4(9)3-5(8)13-6/h3H,1-2H3. The number of hydroxylamine groups is 2. The molecule has 0 bridgehead atoms. The number of thiophene rings is 1. The van der Waals surface area contributed by atoms with E-state index in [-0.39, 0.29) is 5.91 Å². The van der Waals surface area contributed by atoms with Gasteiger partial charge in [-0.15, -0.1) is 11.3 Å². The molecule has 0 aromatic carbocycles. The third-order valence-electron chi connectivity index (χ3n) is 1.41. The van der Waals surface area contributed by atoms with Gasteiger partial charge >= 0.3 is 0 Å². The third kappa shape index (κ3) is 2.43. The second kappa shape index (κ2) is 4.41. The van der Waals surface area contributed by atoms with Crippen molar-refractivity contribution >= 4 is 44.8 Å². The summed E-state index contributed by atoms with van der Waals surface area (Å²) in [5.41, 5.74) is 0. The number of carbonyl (C=O) groups is 1. The van der Waals surface area contributed by atoms with Crippen LogP contribution < -0.4 is 0 Å². The molecule has 1 amide bonds. The predicted molar refractivity (Wildman–Crippen MR) is 56.1 cm³/mol. The number of carbonyl (C=O) groups excluding carboxylic acids is 1. The third-order valence-corrected chi connectivity index (χ3v) is 3.45. The molecule has 0 unspecified atom stereocenters. The Morgan fingerprint density at radius 1 is 1.77 bits per heavy atom. The molecule has 1 rings (SSSR count). The predicted octanol–water partition coefficient (Wildman–Crippen LogP) is 2.80. The lowest BCUT2D eigenvalue weighted by atomic mass is 10.4. The minimum atomic E-state index is -0.247. The van der Waals surface area contributed by atoms with Crippen LogP contribution in [0, 0.1) is 0 Å². The van der Waals surface area contributed by atoms with Crippen LogP contribution in [0.4, 0.5) is 0 Å². The van der Waals surface area contributed by atoms with Crippen molar-refractivity contribution < 1.29 is 9.63 Å². The summed E-state index contributed by atoms with van der Waals surface area (Å²) in [6, 6.07) is 1.68. The highest BCUT2D eigenvalue weighted by molar-refractivity contribution is 9.11. The molecule has 0 aliphatic rings. The quantitative estimate of drug-likeness (QED) is 0.782. The second-order valence-corrected chi connectivity index (χ2v) is 5.05. The molecule has 1 aromatic rings. The van der Waals surface area contributed by atoms with E-state index in [1.54, 1.807) is 6.07 Å². The van der Waals surface area contributed by atoms with Crippen LogP contribution in [0.2, 0.25) is 5.02 Å². The van der Waals surface area contributed by atoms with Crippen LogP contribution in [0.3, 0.4) is 0 Å². The molecule has 3 nitrogen and oxygen atoms in total. The van der Waals surface area contributed by atoms with Crippen molar-refractivity contribution in [1.82, 2.24) is 5.06 Å². The van der Waals surface area contributed by atoms with E-state index in [9.17, 15) is 4.79 Å². The van der Waals surface area contributed by atoms with Gasteiger partial charge in [0.25, 0.3) is 5.91 Å². The van der Waals surface area contributed by atoms with E-state index in [2.05, 4.69) is 15.9 Å². The molecule has 1 heterocycles. The summed E-state index contributed by atoms with van der Waals surface area (Å²) in [6.45, 7) is 0. The lowest BCUT2D eigenvalue weighted by Gasteiger charge is -2.11. The minimum Gasteiger partial charge on any atom is -0.274 e. The van der Waals surface area contributed by atoms with Gasteiger partial charge in [-0.1, -0.05) is 11.6 Å². The van der Waals surface area contributed by atoms with Crippen LogP contribution in [0.15, 0.2) is 9.85 Å². The highest BCUT2D eigenvalue weighted by Gasteiger charge is 2.17. The van der Waals surface area contributed by atoms with Gasteiger partial charge in [0.15, 0.2) is 0 Å². The van der Waals surface area contributed by atoms with Crippen LogP contribution in [-0.4, -0.2) is 25.1 Å². The molecule has 0 saturated heterocycles. The molecular weight excluding hydrogens is 278 g/mol. The minimum absolute atomic E-state index is 0.247. The van der Waals surface area contributed by atoms with E-state index in [1.165, 1.54) is 25.5 Å². The average Bonchev–Trinajstić information content (AvgIpc) is 2.42. The van der Waals surface area contributed by atoms with Crippen LogP contribution in [0.25, 0.3) is 0 Å². The second-order valence-electron chi connectivity index (χ2n) is 2.21. The fraction of sp³-hybridized carbons (Fsp3) is 0.286. The summed E-state index contributed by atoms with van der Waals surface area (Å²) in [4.78, 5) is 16.7. The Labute approximate surface area is 93.3 Å². The fourth-order valence-electron chi connectivity index (χ4n) is 0.713. The zero-order valence-corrected chi connectivity index (χ0v) is 10.2. The molecule has 1 aromatic heterocycles. The number of rotatable bonds is 2. The van der Waals surface area contributed by atoms with Gasteiger partial charge in [-0.05, 0) is 22.0 Å². The maximum Gasteiger partial charge on any atom is 0.288 e. The van der Waals surface area contributed by atoms with Crippen molar-refractivity contribution in [1.29, 1.82) is 0 Å². The van der Waals surface area contributed by atoms with Crippen molar-refractivity contribution in [2.24, 2.45) is 0 Å². The summed E-state index contributed by atoms with van der Waals surface area (Å²) in [5, 5.41) is 1.57. The molecule has 0 saturated carbocycles. The molecule has 0 fully saturated rings. The summed E-state index contributed by atoms with van der Waals surface area (Å²) in [7, 11) is 2.96. The zero-order valence-electron chi connectivity index (χ0n) is 7.01. The maximum absolute atomic E-state index is 11.5. The fourth-order valence-corrected chi connectivity index (χ4v) is 2.67. The number of halogens is 2. The zero-order chi connectivity index (χ0) is 10.0. The van der Waals surface area contributed by atoms with Gasteiger partial charge in [0.2, 0.25) is 0 Å². The van der Waals surface area contributed by atoms with Crippen molar-refractivity contribution in [3.8, 4) is 0 Å². The van der Waals surface area contributed by atoms with Crippen molar-refractivity contribution in [2.75, 3.05) is 14.2 Å². The van der Waals surface area contributed by atoms with E-state index >= 15 is 0 Å². The first-order chi connectivity index (χ1) is 6.06. The summed E-state index contributed by atoms with van der Waals surface area (Å²) >= 11 is 10.3. The lowest BCUT2D eigenvalue weighted by Crippen LogP contribution is -2.24. The number of nitrogens with zero attached hydrogens (tertiary/aromatic N) is 1. The van der Waals surface area contributed by atoms with Gasteiger partial charge in [-0.3, -0.25) is 9.63 Å². The van der Waals surface area contributed by atoms with Crippen molar-refractivity contribution in [2.45, 2.75) is 0 Å². The lowest BCUT2D eigenvalue weighted by molar-refractivity contribution is -0.0753. The summed E-state index contributed by atoms with van der Waals surface area (Å²) < 4.78 is 0.824. The van der Waals surface area contributed by atoms with E-state index < -0.39 is 0 Å². The topological polar surface area (TPSA) is 29.5 Å². The summed E-state index contributed by atoms with van der Waals surface area (Å²) in [5.74, 6) is -0.247. The first-order valence-corrected chi connectivity index (χ1v) is 5.32. The molecule has 0 radical (unpaired) electrons. The normalized spacial score (nSPS) is 10.2. The van der Waals surface area contributed by atoms with E-state index in [4.69, 9.17) is 16.4 Å². The molecule has 0 N–H and O–H groups in total. The molecule has 72 valence electrons. The van der Waals surface area contributed by atoms with Gasteiger partial charge in [0.05, 0.1) is 15.9 Å². The van der Waals surface area contributed by atoms with Crippen molar-refractivity contribution in [3.05, 3.63) is 19.8 Å². The smallest absolute Gasteiger partial charge is 0.274 e. The Morgan fingerprint density at radius 2 is 2.38 bits per heavy atom. The maximum atomic E-state index is 11.5. The monoisotopic (exact) mass is 283 g/mol. The number of hydrogen-bond acceptors (Lipinski definition) is 3. The molecule has 0 atom stereocenters. The highest BCUT2D eigenvalue weighted by atomic mass is 79.9. The Hall–Kier alpha value is -0.100. The van der Waals surface area contributed by atoms with Crippen LogP contribution in [-0.2, 0) is 4.84 Å². The molecule has 0 aliphatic heterocycles. The van der Waals surface area contributed by atoms with Crippen LogP contribution in [0.1, 0.15) is 9.67 Å². The van der Waals surface area contributed by atoms with E-state index in [1.807, 2.05) is 0 Å². The molecule has 6 heteroatoms. The largest absolute Gasteiger partial charge is 0.288 e. The van der Waals surface area contributed by atoms with Gasteiger partial charge in [-0.25, -0.2) is 5.06 Å². The van der Waals surface area contributed by atoms with Gasteiger partial charge in [-0.2, -0.15) is 0 Å². The van der Waals surface area contributed by atoms with Gasteiger partial charge < -0.3 is 0 Å².